The molecule has 0 fully saturated rings. The van der Waals surface area contributed by atoms with Crippen LogP contribution < -0.4 is 5.32 Å². The second-order valence-electron chi connectivity index (χ2n) is 3.79. The van der Waals surface area contributed by atoms with Crippen LogP contribution in [0.4, 0.5) is 5.82 Å². The highest BCUT2D eigenvalue weighted by atomic mass is 79.9. The van der Waals surface area contributed by atoms with Gasteiger partial charge in [-0.15, -0.1) is 0 Å². The molecule has 2 aromatic rings. The summed E-state index contributed by atoms with van der Waals surface area (Å²) in [4.78, 5) is 10.5. The van der Waals surface area contributed by atoms with Gasteiger partial charge in [0.15, 0.2) is 10.7 Å². The number of carbonyl (C=O) groups excluding carboxylic acids is 1. The number of halogens is 3. The van der Waals surface area contributed by atoms with Gasteiger partial charge in [-0.2, -0.15) is 5.10 Å². The van der Waals surface area contributed by atoms with Gasteiger partial charge in [0.2, 0.25) is 0 Å². The van der Waals surface area contributed by atoms with E-state index in [2.05, 4.69) is 26.3 Å². The van der Waals surface area contributed by atoms with E-state index in [1.165, 1.54) is 0 Å². The van der Waals surface area contributed by atoms with E-state index in [9.17, 15) is 4.79 Å². The third kappa shape index (κ3) is 3.11. The lowest BCUT2D eigenvalue weighted by molar-refractivity contribution is -0.114. The zero-order valence-corrected chi connectivity index (χ0v) is 13.0. The number of benzene rings is 1. The quantitative estimate of drug-likeness (QED) is 0.846. The maximum absolute atomic E-state index is 11.6. The van der Waals surface area contributed by atoms with Crippen molar-refractivity contribution in [2.75, 3.05) is 5.32 Å². The number of hydrogen-bond donors (Lipinski definition) is 1. The van der Waals surface area contributed by atoms with Crippen LogP contribution in [0, 0.1) is 6.92 Å². The Balaban J connectivity index is 2.45. The van der Waals surface area contributed by atoms with Crippen molar-refractivity contribution in [3.8, 4) is 5.69 Å². The molecule has 1 heterocycles. The molecule has 0 unspecified atom stereocenters. The van der Waals surface area contributed by atoms with Crippen LogP contribution in [0.2, 0.25) is 0 Å². The average Bonchev–Trinajstić information content (AvgIpc) is 2.68. The first-order chi connectivity index (χ1) is 9.00. The Kier molecular flexibility index (Phi) is 4.50. The topological polar surface area (TPSA) is 46.9 Å². The molecule has 7 heteroatoms. The second-order valence-corrected chi connectivity index (χ2v) is 5.67. The summed E-state index contributed by atoms with van der Waals surface area (Å²) in [7, 11) is 0. The summed E-state index contributed by atoms with van der Waals surface area (Å²) in [5, 5.41) is 7.01. The molecule has 0 aliphatic heterocycles. The Labute approximate surface area is 128 Å². The number of rotatable bonds is 3. The van der Waals surface area contributed by atoms with Crippen molar-refractivity contribution in [3.63, 3.8) is 0 Å². The lowest BCUT2D eigenvalue weighted by atomic mass is 10.3. The monoisotopic (exact) mass is 361 g/mol. The van der Waals surface area contributed by atoms with Crippen molar-refractivity contribution in [2.45, 2.75) is 11.8 Å². The third-order valence-corrected chi connectivity index (χ3v) is 3.77. The normalized spacial score (nSPS) is 10.8. The van der Waals surface area contributed by atoms with Gasteiger partial charge in [0.25, 0.3) is 5.91 Å². The van der Waals surface area contributed by atoms with E-state index in [0.717, 1.165) is 11.4 Å². The zero-order chi connectivity index (χ0) is 14.0. The zero-order valence-electron chi connectivity index (χ0n) is 9.90. The first-order valence-electron chi connectivity index (χ1n) is 5.40. The fourth-order valence-electron chi connectivity index (χ4n) is 1.54. The number of alkyl halides is 2. The van der Waals surface area contributed by atoms with E-state index in [0.29, 0.717) is 10.3 Å². The van der Waals surface area contributed by atoms with E-state index in [-0.39, 0.29) is 0 Å². The molecule has 0 saturated carbocycles. The van der Waals surface area contributed by atoms with E-state index in [1.54, 1.807) is 4.68 Å². The summed E-state index contributed by atoms with van der Waals surface area (Å²) in [6, 6.07) is 9.44. The van der Waals surface area contributed by atoms with Crippen LogP contribution in [0.1, 0.15) is 5.69 Å². The molecule has 1 aromatic carbocycles. The number of carbonyl (C=O) groups is 1. The summed E-state index contributed by atoms with van der Waals surface area (Å²) >= 11 is 14.5. The molecule has 1 aromatic heterocycles. The van der Waals surface area contributed by atoms with Crippen molar-refractivity contribution in [1.82, 2.24) is 9.78 Å². The largest absolute Gasteiger partial charge is 0.307 e. The van der Waals surface area contributed by atoms with Crippen molar-refractivity contribution < 1.29 is 4.79 Å². The maximum Gasteiger partial charge on any atom is 0.258 e. The Morgan fingerprint density at radius 2 is 2.00 bits per heavy atom. The van der Waals surface area contributed by atoms with Crippen LogP contribution in [0.3, 0.4) is 0 Å². The predicted molar refractivity (Wildman–Crippen MR) is 80.1 cm³/mol. The first-order valence-corrected chi connectivity index (χ1v) is 7.07. The van der Waals surface area contributed by atoms with Gasteiger partial charge in [0.1, 0.15) is 0 Å². The maximum atomic E-state index is 11.6. The summed E-state index contributed by atoms with van der Waals surface area (Å²) in [6.45, 7) is 1.83. The van der Waals surface area contributed by atoms with Crippen molar-refractivity contribution in [1.29, 1.82) is 0 Å². The smallest absolute Gasteiger partial charge is 0.258 e. The minimum absolute atomic E-state index is 0.499. The minimum atomic E-state index is -1.13. The molecule has 0 radical (unpaired) electrons. The lowest BCUT2D eigenvalue weighted by Crippen LogP contribution is -2.20. The van der Waals surface area contributed by atoms with Gasteiger partial charge >= 0.3 is 0 Å². The highest BCUT2D eigenvalue weighted by molar-refractivity contribution is 9.10. The second kappa shape index (κ2) is 5.94. The highest BCUT2D eigenvalue weighted by Gasteiger charge is 2.19. The molecule has 1 N–H and O–H groups in total. The van der Waals surface area contributed by atoms with Gasteiger partial charge in [0, 0.05) is 0 Å². The Morgan fingerprint density at radius 1 is 1.37 bits per heavy atom. The minimum Gasteiger partial charge on any atom is -0.307 e. The van der Waals surface area contributed by atoms with Crippen LogP contribution in [0.25, 0.3) is 5.69 Å². The number of nitrogens with one attached hydrogen (secondary N) is 1. The summed E-state index contributed by atoms with van der Waals surface area (Å²) in [5.74, 6) is 0.00103. The number of anilines is 1. The predicted octanol–water partition coefficient (Wildman–Crippen LogP) is 3.69. The lowest BCUT2D eigenvalue weighted by Gasteiger charge is -2.09. The Morgan fingerprint density at radius 3 is 2.58 bits per heavy atom. The number of aryl methyl sites for hydroxylation is 1. The van der Waals surface area contributed by atoms with Crippen molar-refractivity contribution >= 4 is 50.9 Å². The molecule has 19 heavy (non-hydrogen) atoms. The van der Waals surface area contributed by atoms with Crippen molar-refractivity contribution in [2.24, 2.45) is 0 Å². The van der Waals surface area contributed by atoms with Crippen LogP contribution in [0.5, 0.6) is 0 Å². The number of amides is 1. The number of hydrogen-bond acceptors (Lipinski definition) is 2. The first kappa shape index (κ1) is 14.4. The van der Waals surface area contributed by atoms with Crippen molar-refractivity contribution in [3.05, 3.63) is 40.5 Å². The number of nitrogens with zero attached hydrogens (tertiary/aromatic N) is 2. The molecule has 0 aliphatic carbocycles. The van der Waals surface area contributed by atoms with E-state index < -0.39 is 10.7 Å². The van der Waals surface area contributed by atoms with Crippen LogP contribution in [-0.2, 0) is 4.79 Å². The van der Waals surface area contributed by atoms with Gasteiger partial charge in [-0.3, -0.25) is 4.79 Å². The van der Waals surface area contributed by atoms with Gasteiger partial charge < -0.3 is 5.32 Å². The molecule has 0 spiro atoms. The Bertz CT molecular complexity index is 599. The van der Waals surface area contributed by atoms with Crippen LogP contribution in [-0.4, -0.2) is 20.5 Å². The molecule has 1 amide bonds. The Hall–Kier alpha value is -1.04. The molecular formula is C12H10BrCl2N3O. The summed E-state index contributed by atoms with van der Waals surface area (Å²) in [5.41, 5.74) is 1.58. The standard InChI is InChI=1S/C12H10BrCl2N3O/c1-7-9(13)11(16-12(19)10(14)15)18(17-7)8-5-3-2-4-6-8/h2-6,10H,1H3,(H,16,19). The van der Waals surface area contributed by atoms with Gasteiger partial charge in [-0.05, 0) is 35.0 Å². The van der Waals surface area contributed by atoms with Gasteiger partial charge in [0.05, 0.1) is 15.9 Å². The SMILES string of the molecule is Cc1nn(-c2ccccc2)c(NC(=O)C(Cl)Cl)c1Br. The molecule has 0 aliphatic rings. The highest BCUT2D eigenvalue weighted by Crippen LogP contribution is 2.29. The fraction of sp³-hybridized carbons (Fsp3) is 0.167. The summed E-state index contributed by atoms with van der Waals surface area (Å²) < 4.78 is 2.31. The van der Waals surface area contributed by atoms with Crippen LogP contribution in [0.15, 0.2) is 34.8 Å². The van der Waals surface area contributed by atoms with E-state index >= 15 is 0 Å². The van der Waals surface area contributed by atoms with Gasteiger partial charge in [-0.1, -0.05) is 41.4 Å². The van der Waals surface area contributed by atoms with Crippen LogP contribution >= 0.6 is 39.1 Å². The summed E-state index contributed by atoms with van der Waals surface area (Å²) in [6.07, 6.45) is 0. The molecule has 4 nitrogen and oxygen atoms in total. The average molecular weight is 363 g/mol. The molecular weight excluding hydrogens is 353 g/mol. The molecule has 100 valence electrons. The van der Waals surface area contributed by atoms with E-state index in [1.807, 2.05) is 37.3 Å². The molecule has 0 saturated heterocycles. The third-order valence-electron chi connectivity index (χ3n) is 2.43. The molecule has 2 rings (SSSR count). The molecule has 0 bridgehead atoms. The molecule has 0 atom stereocenters. The van der Waals surface area contributed by atoms with E-state index in [4.69, 9.17) is 23.2 Å². The fourth-order valence-corrected chi connectivity index (χ4v) is 2.00. The van der Waals surface area contributed by atoms with Gasteiger partial charge in [-0.25, -0.2) is 4.68 Å². The number of para-hydroxylation sites is 1. The number of aromatic nitrogens is 2.